The molecule has 3 aromatic rings. The third kappa shape index (κ3) is 7.18. The number of piperidine rings is 2. The Kier molecular flexibility index (Phi) is 9.55. The van der Waals surface area contributed by atoms with Gasteiger partial charge in [0, 0.05) is 64.3 Å². The van der Waals surface area contributed by atoms with E-state index in [1.807, 2.05) is 29.2 Å². The Morgan fingerprint density at radius 1 is 0.978 bits per heavy atom. The van der Waals surface area contributed by atoms with Crippen molar-refractivity contribution in [3.8, 4) is 0 Å². The smallest absolute Gasteiger partial charge is 0.324 e. The Bertz CT molecular complexity index is 1670. The number of aromatic nitrogens is 2. The van der Waals surface area contributed by atoms with Crippen LogP contribution < -0.4 is 16.2 Å². The number of carbonyl (C=O) groups excluding carboxylic acids is 3. The van der Waals surface area contributed by atoms with E-state index in [9.17, 15) is 19.2 Å². The minimum Gasteiger partial charge on any atom is -0.379 e. The second-order valence-corrected chi connectivity index (χ2v) is 13.5. The van der Waals surface area contributed by atoms with Crippen molar-refractivity contribution in [1.82, 2.24) is 29.8 Å². The molecule has 3 aliphatic rings. The molecule has 0 bridgehead atoms. The molecule has 0 spiro atoms. The van der Waals surface area contributed by atoms with Crippen LogP contribution in [0.1, 0.15) is 64.6 Å². The quantitative estimate of drug-likeness (QED) is 0.386. The molecule has 2 N–H and O–H groups in total. The lowest BCUT2D eigenvalue weighted by Crippen LogP contribution is -2.48. The molecule has 0 saturated carbocycles. The Morgan fingerprint density at radius 3 is 2.48 bits per heavy atom. The van der Waals surface area contributed by atoms with Gasteiger partial charge >= 0.3 is 6.03 Å². The number of amides is 4. The molecule has 4 heterocycles. The van der Waals surface area contributed by atoms with Crippen LogP contribution in [0.4, 0.5) is 10.5 Å². The van der Waals surface area contributed by atoms with Crippen molar-refractivity contribution in [2.75, 3.05) is 45.1 Å². The highest BCUT2D eigenvalue weighted by atomic mass is 79.9. The van der Waals surface area contributed by atoms with Crippen LogP contribution in [-0.2, 0) is 18.4 Å². The predicted octanol–water partition coefficient (Wildman–Crippen LogP) is 3.90. The van der Waals surface area contributed by atoms with Crippen LogP contribution in [0.25, 0.3) is 0 Å². The molecule has 242 valence electrons. The summed E-state index contributed by atoms with van der Waals surface area (Å²) in [5, 5.41) is 10.0. The van der Waals surface area contributed by atoms with Crippen molar-refractivity contribution in [1.29, 1.82) is 0 Å². The Hall–Kier alpha value is -4.03. The zero-order chi connectivity index (χ0) is 32.4. The SMILES string of the molecule is CN1C[C@H](Nc2cnn(C)c(=O)c2Br)C[C@H](c2ccc(C(=O)N3CCC(c4cccc(CN5CCC(=O)NC5=O)c4)CC3)cc2)C1. The topological polar surface area (TPSA) is 120 Å². The van der Waals surface area contributed by atoms with Crippen LogP contribution in [0.2, 0.25) is 0 Å². The minimum atomic E-state index is -0.336. The number of likely N-dealkylation sites (N-methyl/N-ethyl adjacent to an activating group) is 1. The highest BCUT2D eigenvalue weighted by Crippen LogP contribution is 2.32. The van der Waals surface area contributed by atoms with Crippen molar-refractivity contribution >= 4 is 39.5 Å². The Balaban J connectivity index is 1.03. The normalized spacial score (nSPS) is 21.3. The van der Waals surface area contributed by atoms with Crippen molar-refractivity contribution in [3.63, 3.8) is 0 Å². The van der Waals surface area contributed by atoms with Gasteiger partial charge in [-0.1, -0.05) is 36.4 Å². The average molecular weight is 691 g/mol. The number of hydrogen-bond donors (Lipinski definition) is 2. The monoisotopic (exact) mass is 689 g/mol. The van der Waals surface area contributed by atoms with E-state index in [1.165, 1.54) is 15.8 Å². The van der Waals surface area contributed by atoms with Gasteiger partial charge in [-0.25, -0.2) is 9.48 Å². The van der Waals surface area contributed by atoms with Gasteiger partial charge in [-0.3, -0.25) is 19.7 Å². The van der Waals surface area contributed by atoms with Crippen molar-refractivity contribution < 1.29 is 14.4 Å². The fraction of sp³-hybridized carbons (Fsp3) is 0.441. The molecule has 46 heavy (non-hydrogen) atoms. The van der Waals surface area contributed by atoms with E-state index in [-0.39, 0.29) is 35.4 Å². The number of imide groups is 1. The molecule has 1 aromatic heterocycles. The van der Waals surface area contributed by atoms with Crippen LogP contribution in [0.5, 0.6) is 0 Å². The van der Waals surface area contributed by atoms with Crippen LogP contribution >= 0.6 is 15.9 Å². The van der Waals surface area contributed by atoms with E-state index >= 15 is 0 Å². The van der Waals surface area contributed by atoms with Crippen LogP contribution in [0.15, 0.2) is 64.0 Å². The first-order valence-corrected chi connectivity index (χ1v) is 16.7. The lowest BCUT2D eigenvalue weighted by atomic mass is 9.87. The summed E-state index contributed by atoms with van der Waals surface area (Å²) in [5.74, 6) is 0.477. The minimum absolute atomic E-state index is 0.0627. The number of carbonyl (C=O) groups is 3. The molecule has 0 unspecified atom stereocenters. The molecule has 4 amide bonds. The van der Waals surface area contributed by atoms with E-state index in [0.29, 0.717) is 54.2 Å². The van der Waals surface area contributed by atoms with Gasteiger partial charge in [0.15, 0.2) is 0 Å². The maximum atomic E-state index is 13.5. The Labute approximate surface area is 277 Å². The summed E-state index contributed by atoms with van der Waals surface area (Å²) in [6.07, 6.45) is 4.67. The third-order valence-electron chi connectivity index (χ3n) is 9.42. The largest absolute Gasteiger partial charge is 0.379 e. The van der Waals surface area contributed by atoms with Gasteiger partial charge in [0.05, 0.1) is 11.9 Å². The summed E-state index contributed by atoms with van der Waals surface area (Å²) < 4.78 is 1.79. The number of nitrogens with one attached hydrogen (secondary N) is 2. The summed E-state index contributed by atoms with van der Waals surface area (Å²) >= 11 is 3.42. The summed E-state index contributed by atoms with van der Waals surface area (Å²) in [6, 6.07) is 16.2. The molecule has 11 nitrogen and oxygen atoms in total. The highest BCUT2D eigenvalue weighted by molar-refractivity contribution is 9.10. The molecule has 6 rings (SSSR count). The Morgan fingerprint density at radius 2 is 1.74 bits per heavy atom. The van der Waals surface area contributed by atoms with Crippen LogP contribution in [0, 0.1) is 0 Å². The molecule has 2 aromatic carbocycles. The van der Waals surface area contributed by atoms with E-state index in [2.05, 4.69) is 67.9 Å². The van der Waals surface area contributed by atoms with Gasteiger partial charge in [-0.2, -0.15) is 5.10 Å². The van der Waals surface area contributed by atoms with Gasteiger partial charge in [-0.15, -0.1) is 0 Å². The van der Waals surface area contributed by atoms with Gasteiger partial charge in [-0.05, 0) is 82.9 Å². The predicted molar refractivity (Wildman–Crippen MR) is 179 cm³/mol. The number of hydrogen-bond acceptors (Lipinski definition) is 7. The number of likely N-dealkylation sites (tertiary alicyclic amines) is 2. The van der Waals surface area contributed by atoms with E-state index in [0.717, 1.165) is 37.9 Å². The fourth-order valence-corrected chi connectivity index (χ4v) is 7.38. The second kappa shape index (κ2) is 13.8. The lowest BCUT2D eigenvalue weighted by molar-refractivity contribution is -0.121. The van der Waals surface area contributed by atoms with Crippen LogP contribution in [-0.4, -0.2) is 88.1 Å². The van der Waals surface area contributed by atoms with E-state index in [4.69, 9.17) is 0 Å². The molecule has 0 aliphatic carbocycles. The first-order valence-electron chi connectivity index (χ1n) is 15.9. The summed E-state index contributed by atoms with van der Waals surface area (Å²) in [6.45, 7) is 4.06. The molecule has 2 atom stereocenters. The van der Waals surface area contributed by atoms with E-state index < -0.39 is 0 Å². The molecule has 3 fully saturated rings. The van der Waals surface area contributed by atoms with Gasteiger partial charge < -0.3 is 20.0 Å². The highest BCUT2D eigenvalue weighted by Gasteiger charge is 2.29. The second-order valence-electron chi connectivity index (χ2n) is 12.8. The number of aryl methyl sites for hydroxylation is 1. The molecule has 3 saturated heterocycles. The average Bonchev–Trinajstić information content (AvgIpc) is 3.06. The first kappa shape index (κ1) is 31.9. The first-order chi connectivity index (χ1) is 22.1. The summed E-state index contributed by atoms with van der Waals surface area (Å²) in [7, 11) is 3.73. The maximum absolute atomic E-state index is 13.5. The number of anilines is 1. The number of nitrogens with zero attached hydrogens (tertiary/aromatic N) is 5. The van der Waals surface area contributed by atoms with Crippen molar-refractivity contribution in [2.24, 2.45) is 7.05 Å². The summed E-state index contributed by atoms with van der Waals surface area (Å²) in [4.78, 5) is 55.3. The molecular weight excluding hydrogens is 650 g/mol. The maximum Gasteiger partial charge on any atom is 0.324 e. The van der Waals surface area contributed by atoms with Crippen molar-refractivity contribution in [2.45, 2.75) is 50.1 Å². The zero-order valence-corrected chi connectivity index (χ0v) is 27.8. The molecule has 12 heteroatoms. The molecule has 3 aliphatic heterocycles. The standard InChI is InChI=1S/C34H40BrN7O4/c1-39-20-27(17-28(21-39)37-29-18-36-40(2)33(45)31(29)35)23-6-8-25(9-7-23)32(44)41-13-10-24(11-14-41)26-5-3-4-22(16-26)19-42-15-12-30(43)38-34(42)46/h3-9,16,18,24,27-28,37H,10-15,17,19-21H2,1-2H3,(H,38,43,46)/t27-,28+/m0/s1. The lowest BCUT2D eigenvalue weighted by Gasteiger charge is -2.37. The van der Waals surface area contributed by atoms with Crippen LogP contribution in [0.3, 0.4) is 0 Å². The van der Waals surface area contributed by atoms with Gasteiger partial charge in [0.1, 0.15) is 4.47 Å². The number of halogens is 1. The van der Waals surface area contributed by atoms with Gasteiger partial charge in [0.2, 0.25) is 5.91 Å². The molecule has 0 radical (unpaired) electrons. The number of rotatable bonds is 7. The van der Waals surface area contributed by atoms with E-state index in [1.54, 1.807) is 18.1 Å². The van der Waals surface area contributed by atoms with Gasteiger partial charge in [0.25, 0.3) is 11.5 Å². The number of urea groups is 1. The number of benzene rings is 2. The zero-order valence-electron chi connectivity index (χ0n) is 26.2. The molecular formula is C34H40BrN7O4. The van der Waals surface area contributed by atoms with Crippen molar-refractivity contribution in [3.05, 3.63) is 91.8 Å². The fourth-order valence-electron chi connectivity index (χ4n) is 6.91. The third-order valence-corrected chi connectivity index (χ3v) is 10.2. The summed E-state index contributed by atoms with van der Waals surface area (Å²) in [5.41, 5.74) is 4.70.